The Morgan fingerprint density at radius 1 is 0.914 bits per heavy atom. The van der Waals surface area contributed by atoms with Crippen molar-refractivity contribution < 1.29 is 38.0 Å². The number of ether oxygens (including phenoxy) is 6. The summed E-state index contributed by atoms with van der Waals surface area (Å²) in [5.41, 5.74) is 1.71. The molecule has 35 heavy (non-hydrogen) atoms. The van der Waals surface area contributed by atoms with Crippen LogP contribution in [-0.2, 0) is 41.8 Å². The minimum atomic E-state index is -1.04. The molecule has 188 valence electrons. The van der Waals surface area contributed by atoms with Crippen LogP contribution in [0.1, 0.15) is 36.8 Å². The lowest BCUT2D eigenvalue weighted by molar-refractivity contribution is -0.204. The van der Waals surface area contributed by atoms with Crippen LogP contribution < -0.4 is 9.47 Å². The molecule has 0 bridgehead atoms. The van der Waals surface area contributed by atoms with Crippen LogP contribution in [-0.4, -0.2) is 45.2 Å². The minimum absolute atomic E-state index is 0.0581. The maximum absolute atomic E-state index is 12.9. The highest BCUT2D eigenvalue weighted by atomic mass is 16.7. The number of hydrogen-bond acceptors (Lipinski definition) is 8. The van der Waals surface area contributed by atoms with E-state index in [1.165, 1.54) is 0 Å². The molecule has 2 aromatic rings. The van der Waals surface area contributed by atoms with Crippen molar-refractivity contribution in [3.05, 3.63) is 71.8 Å². The molecule has 0 spiro atoms. The number of rotatable bonds is 12. The molecule has 2 unspecified atom stereocenters. The van der Waals surface area contributed by atoms with Crippen LogP contribution in [0.3, 0.4) is 0 Å². The third-order valence-electron chi connectivity index (χ3n) is 5.51. The molecule has 0 saturated carbocycles. The second kappa shape index (κ2) is 13.5. The predicted molar refractivity (Wildman–Crippen MR) is 128 cm³/mol. The topological polar surface area (TPSA) is 89.5 Å². The zero-order valence-corrected chi connectivity index (χ0v) is 20.2. The van der Waals surface area contributed by atoms with Crippen LogP contribution in [0.15, 0.2) is 60.7 Å². The Labute approximate surface area is 205 Å². The molecule has 1 aliphatic heterocycles. The standard InChI is InChI=1S/C27H32O8/c1-19(26(28)33-17-20-7-11-22(30-2)12-8-20)16-24(35-25-6-4-5-15-32-25)27(29)34-18-21-9-13-23(31-3)14-10-21/h7-14,24-25H,1,4-6,15-18H2,2-3H3. The maximum atomic E-state index is 12.9. The second-order valence-electron chi connectivity index (χ2n) is 8.11. The minimum Gasteiger partial charge on any atom is -0.497 e. The van der Waals surface area contributed by atoms with E-state index in [-0.39, 0.29) is 25.2 Å². The van der Waals surface area contributed by atoms with E-state index >= 15 is 0 Å². The molecule has 0 aromatic heterocycles. The van der Waals surface area contributed by atoms with Gasteiger partial charge in [-0.2, -0.15) is 0 Å². The third kappa shape index (κ3) is 8.42. The van der Waals surface area contributed by atoms with Crippen LogP contribution >= 0.6 is 0 Å². The van der Waals surface area contributed by atoms with Crippen molar-refractivity contribution in [3.8, 4) is 11.5 Å². The fraction of sp³-hybridized carbons (Fsp3) is 0.407. The van der Waals surface area contributed by atoms with Gasteiger partial charge in [0.05, 0.1) is 14.2 Å². The first-order chi connectivity index (χ1) is 17.0. The van der Waals surface area contributed by atoms with Crippen LogP contribution in [0.25, 0.3) is 0 Å². The lowest BCUT2D eigenvalue weighted by atomic mass is 10.1. The summed E-state index contributed by atoms with van der Waals surface area (Å²) in [5.74, 6) is 0.212. The SMILES string of the molecule is C=C(CC(OC1CCCCO1)C(=O)OCc1ccc(OC)cc1)C(=O)OCc1ccc(OC)cc1. The van der Waals surface area contributed by atoms with Gasteiger partial charge < -0.3 is 28.4 Å². The molecule has 1 saturated heterocycles. The Balaban J connectivity index is 1.56. The van der Waals surface area contributed by atoms with E-state index in [1.54, 1.807) is 50.6 Å². The van der Waals surface area contributed by atoms with Crippen molar-refractivity contribution in [3.63, 3.8) is 0 Å². The molecule has 2 aromatic carbocycles. The van der Waals surface area contributed by atoms with E-state index in [4.69, 9.17) is 28.4 Å². The molecular formula is C27H32O8. The molecule has 0 radical (unpaired) electrons. The smallest absolute Gasteiger partial charge is 0.336 e. The quantitative estimate of drug-likeness (QED) is 0.325. The van der Waals surface area contributed by atoms with Crippen molar-refractivity contribution >= 4 is 11.9 Å². The third-order valence-corrected chi connectivity index (χ3v) is 5.51. The number of hydrogen-bond donors (Lipinski definition) is 0. The zero-order chi connectivity index (χ0) is 25.0. The summed E-state index contributed by atoms with van der Waals surface area (Å²) in [6, 6.07) is 14.4. The van der Waals surface area contributed by atoms with Gasteiger partial charge in [-0.1, -0.05) is 30.8 Å². The van der Waals surface area contributed by atoms with Crippen molar-refractivity contribution in [1.82, 2.24) is 0 Å². The largest absolute Gasteiger partial charge is 0.497 e. The van der Waals surface area contributed by atoms with Gasteiger partial charge in [-0.3, -0.25) is 0 Å². The van der Waals surface area contributed by atoms with Crippen molar-refractivity contribution in [1.29, 1.82) is 0 Å². The van der Waals surface area contributed by atoms with E-state index in [9.17, 15) is 9.59 Å². The lowest BCUT2D eigenvalue weighted by Gasteiger charge is -2.27. The van der Waals surface area contributed by atoms with E-state index in [0.29, 0.717) is 24.5 Å². The summed E-state index contributed by atoms with van der Waals surface area (Å²) >= 11 is 0. The average molecular weight is 485 g/mol. The molecule has 1 heterocycles. The highest BCUT2D eigenvalue weighted by Gasteiger charge is 2.29. The Kier molecular flexibility index (Phi) is 10.1. The highest BCUT2D eigenvalue weighted by Crippen LogP contribution is 2.21. The van der Waals surface area contributed by atoms with Gasteiger partial charge in [-0.15, -0.1) is 0 Å². The van der Waals surface area contributed by atoms with E-state index in [0.717, 1.165) is 24.0 Å². The molecule has 3 rings (SSSR count). The van der Waals surface area contributed by atoms with Crippen LogP contribution in [0.4, 0.5) is 0 Å². The summed E-state index contributed by atoms with van der Waals surface area (Å²) in [6.07, 6.45) is 0.891. The molecular weight excluding hydrogens is 452 g/mol. The summed E-state index contributed by atoms with van der Waals surface area (Å²) < 4.78 is 32.6. The van der Waals surface area contributed by atoms with Gasteiger partial charge in [-0.05, 0) is 54.7 Å². The first-order valence-electron chi connectivity index (χ1n) is 11.5. The molecule has 0 N–H and O–H groups in total. The Bertz CT molecular complexity index is 962. The lowest BCUT2D eigenvalue weighted by Crippen LogP contribution is -2.35. The van der Waals surface area contributed by atoms with E-state index in [2.05, 4.69) is 6.58 Å². The number of carbonyl (C=O) groups is 2. The van der Waals surface area contributed by atoms with Crippen molar-refractivity contribution in [2.75, 3.05) is 20.8 Å². The van der Waals surface area contributed by atoms with Crippen LogP contribution in [0, 0.1) is 0 Å². The van der Waals surface area contributed by atoms with E-state index in [1.807, 2.05) is 12.1 Å². The van der Waals surface area contributed by atoms with Gasteiger partial charge in [-0.25, -0.2) is 9.59 Å². The van der Waals surface area contributed by atoms with Gasteiger partial charge in [0, 0.05) is 18.6 Å². The highest BCUT2D eigenvalue weighted by molar-refractivity contribution is 5.89. The summed E-state index contributed by atoms with van der Waals surface area (Å²) in [6.45, 7) is 4.50. The number of benzene rings is 2. The molecule has 8 heteroatoms. The number of carbonyl (C=O) groups excluding carboxylic acids is 2. The number of methoxy groups -OCH3 is 2. The number of esters is 2. The first kappa shape index (κ1) is 26.2. The maximum Gasteiger partial charge on any atom is 0.336 e. The van der Waals surface area contributed by atoms with Gasteiger partial charge >= 0.3 is 11.9 Å². The molecule has 0 aliphatic carbocycles. The van der Waals surface area contributed by atoms with Gasteiger partial charge in [0.15, 0.2) is 12.4 Å². The molecule has 8 nitrogen and oxygen atoms in total. The predicted octanol–water partition coefficient (Wildman–Crippen LogP) is 4.35. The van der Waals surface area contributed by atoms with Gasteiger partial charge in [0.25, 0.3) is 0 Å². The van der Waals surface area contributed by atoms with Gasteiger partial charge in [0.1, 0.15) is 24.7 Å². The summed E-state index contributed by atoms with van der Waals surface area (Å²) in [4.78, 5) is 25.4. The Hall–Kier alpha value is -3.36. The van der Waals surface area contributed by atoms with Crippen molar-refractivity contribution in [2.24, 2.45) is 0 Å². The average Bonchev–Trinajstić information content (AvgIpc) is 2.91. The zero-order valence-electron chi connectivity index (χ0n) is 20.2. The summed E-state index contributed by atoms with van der Waals surface area (Å²) in [7, 11) is 3.16. The first-order valence-corrected chi connectivity index (χ1v) is 11.5. The summed E-state index contributed by atoms with van der Waals surface area (Å²) in [5, 5.41) is 0. The Morgan fingerprint density at radius 3 is 2.00 bits per heavy atom. The monoisotopic (exact) mass is 484 g/mol. The second-order valence-corrected chi connectivity index (χ2v) is 8.11. The molecule has 2 atom stereocenters. The van der Waals surface area contributed by atoms with Gasteiger partial charge in [0.2, 0.25) is 0 Å². The Morgan fingerprint density at radius 2 is 1.49 bits per heavy atom. The fourth-order valence-corrected chi connectivity index (χ4v) is 3.44. The van der Waals surface area contributed by atoms with Crippen LogP contribution in [0.2, 0.25) is 0 Å². The molecule has 0 amide bonds. The van der Waals surface area contributed by atoms with E-state index < -0.39 is 24.3 Å². The van der Waals surface area contributed by atoms with Crippen LogP contribution in [0.5, 0.6) is 11.5 Å². The fourth-order valence-electron chi connectivity index (χ4n) is 3.44. The molecule has 1 fully saturated rings. The van der Waals surface area contributed by atoms with Crippen molar-refractivity contribution in [2.45, 2.75) is 51.3 Å². The molecule has 1 aliphatic rings. The normalized spacial score (nSPS) is 16.1.